The summed E-state index contributed by atoms with van der Waals surface area (Å²) in [5.41, 5.74) is 5.41. The number of carbonyl (C=O) groups excluding carboxylic acids is 1. The molecular formula is C22H17ClN4O3S. The van der Waals surface area contributed by atoms with Gasteiger partial charge in [-0.2, -0.15) is 5.10 Å². The summed E-state index contributed by atoms with van der Waals surface area (Å²) in [4.78, 5) is 15.9. The van der Waals surface area contributed by atoms with Crippen LogP contribution in [0.1, 0.15) is 16.1 Å². The van der Waals surface area contributed by atoms with Crippen LogP contribution in [-0.4, -0.2) is 25.5 Å². The molecule has 1 aromatic heterocycles. The Morgan fingerprint density at radius 1 is 1.03 bits per heavy atom. The van der Waals surface area contributed by atoms with Crippen molar-refractivity contribution in [3.05, 3.63) is 89.1 Å². The van der Waals surface area contributed by atoms with Gasteiger partial charge in [0.25, 0.3) is 5.91 Å². The highest BCUT2D eigenvalue weighted by Crippen LogP contribution is 2.33. The predicted molar refractivity (Wildman–Crippen MR) is 122 cm³/mol. The molecule has 0 atom stereocenters. The molecule has 156 valence electrons. The number of aromatic amines is 1. The predicted octanol–water partition coefficient (Wildman–Crippen LogP) is 3.90. The van der Waals surface area contributed by atoms with Crippen LogP contribution in [0.2, 0.25) is 5.02 Å². The zero-order valence-electron chi connectivity index (χ0n) is 16.0. The van der Waals surface area contributed by atoms with Gasteiger partial charge in [0.05, 0.1) is 11.1 Å². The van der Waals surface area contributed by atoms with E-state index in [0.29, 0.717) is 21.5 Å². The molecule has 0 bridgehead atoms. The highest BCUT2D eigenvalue weighted by Gasteiger charge is 2.20. The average Bonchev–Trinajstić information content (AvgIpc) is 3.14. The van der Waals surface area contributed by atoms with E-state index in [0.717, 1.165) is 11.1 Å². The Morgan fingerprint density at radius 3 is 2.42 bits per heavy atom. The molecule has 0 saturated carbocycles. The molecule has 7 nitrogen and oxygen atoms in total. The van der Waals surface area contributed by atoms with Crippen molar-refractivity contribution in [2.75, 3.05) is 0 Å². The van der Waals surface area contributed by atoms with Gasteiger partial charge in [0.1, 0.15) is 5.69 Å². The molecule has 0 fully saturated rings. The Morgan fingerprint density at radius 2 is 1.74 bits per heavy atom. The van der Waals surface area contributed by atoms with E-state index in [1.165, 1.54) is 18.3 Å². The number of primary sulfonamides is 1. The van der Waals surface area contributed by atoms with Crippen molar-refractivity contribution in [2.45, 2.75) is 4.90 Å². The standard InChI is InChI=1S/C22H17ClN4O3S/c23-16-8-6-14(7-9-16)13-25-27-22(28)21-20(15-4-2-1-3-5-15)18-12-17(31(24,29)30)10-11-19(18)26-21/h1-13,26H,(H,27,28)(H2,24,29,30)/b25-13+. The molecule has 0 radical (unpaired) electrons. The van der Waals surface area contributed by atoms with Gasteiger partial charge in [-0.3, -0.25) is 4.79 Å². The first-order chi connectivity index (χ1) is 14.8. The van der Waals surface area contributed by atoms with Crippen LogP contribution in [0.15, 0.2) is 82.8 Å². The second kappa shape index (κ2) is 8.35. The number of aromatic nitrogens is 1. The van der Waals surface area contributed by atoms with E-state index in [4.69, 9.17) is 16.7 Å². The topological polar surface area (TPSA) is 117 Å². The fourth-order valence-electron chi connectivity index (χ4n) is 3.19. The van der Waals surface area contributed by atoms with Gasteiger partial charge in [-0.05, 0) is 41.5 Å². The quantitative estimate of drug-likeness (QED) is 0.315. The number of carbonyl (C=O) groups is 1. The minimum atomic E-state index is -3.90. The molecule has 0 aliphatic carbocycles. The van der Waals surface area contributed by atoms with E-state index in [-0.39, 0.29) is 10.6 Å². The van der Waals surface area contributed by atoms with Crippen LogP contribution in [0.5, 0.6) is 0 Å². The highest BCUT2D eigenvalue weighted by molar-refractivity contribution is 7.89. The smallest absolute Gasteiger partial charge is 0.288 e. The van der Waals surface area contributed by atoms with Crippen LogP contribution in [-0.2, 0) is 10.0 Å². The third-order valence-corrected chi connectivity index (χ3v) is 5.80. The molecular weight excluding hydrogens is 436 g/mol. The van der Waals surface area contributed by atoms with Crippen molar-refractivity contribution in [1.82, 2.24) is 10.4 Å². The van der Waals surface area contributed by atoms with Crippen molar-refractivity contribution in [3.8, 4) is 11.1 Å². The lowest BCUT2D eigenvalue weighted by atomic mass is 10.0. The molecule has 0 aliphatic heterocycles. The first-order valence-electron chi connectivity index (χ1n) is 9.16. The Kier molecular flexibility index (Phi) is 5.60. The number of nitrogens with zero attached hydrogens (tertiary/aromatic N) is 1. The fraction of sp³-hybridized carbons (Fsp3) is 0. The molecule has 31 heavy (non-hydrogen) atoms. The maximum absolute atomic E-state index is 12.9. The van der Waals surface area contributed by atoms with E-state index in [1.54, 1.807) is 30.3 Å². The van der Waals surface area contributed by atoms with E-state index in [9.17, 15) is 13.2 Å². The molecule has 9 heteroatoms. The number of hydrogen-bond donors (Lipinski definition) is 3. The number of sulfonamides is 1. The Labute approximate surface area is 183 Å². The number of benzene rings is 3. The summed E-state index contributed by atoms with van der Waals surface area (Å²) >= 11 is 5.87. The summed E-state index contributed by atoms with van der Waals surface area (Å²) in [5, 5.41) is 10.5. The van der Waals surface area contributed by atoms with Gasteiger partial charge in [-0.25, -0.2) is 19.0 Å². The number of H-pyrrole nitrogens is 1. The lowest BCUT2D eigenvalue weighted by Crippen LogP contribution is -2.18. The molecule has 0 spiro atoms. The van der Waals surface area contributed by atoms with E-state index in [2.05, 4.69) is 15.5 Å². The summed E-state index contributed by atoms with van der Waals surface area (Å²) in [5.74, 6) is -0.475. The maximum Gasteiger partial charge on any atom is 0.288 e. The van der Waals surface area contributed by atoms with Crippen LogP contribution >= 0.6 is 11.6 Å². The van der Waals surface area contributed by atoms with E-state index < -0.39 is 15.9 Å². The molecule has 4 N–H and O–H groups in total. The van der Waals surface area contributed by atoms with Gasteiger partial charge in [-0.15, -0.1) is 0 Å². The van der Waals surface area contributed by atoms with Gasteiger partial charge in [-0.1, -0.05) is 54.1 Å². The lowest BCUT2D eigenvalue weighted by molar-refractivity contribution is 0.0951. The SMILES string of the molecule is NS(=O)(=O)c1ccc2[nH]c(C(=O)N/N=C/c3ccc(Cl)cc3)c(-c3ccccc3)c2c1. The first kappa shape index (κ1) is 20.8. The molecule has 1 amide bonds. The summed E-state index contributed by atoms with van der Waals surface area (Å²) in [7, 11) is -3.90. The average molecular weight is 453 g/mol. The number of nitrogens with two attached hydrogens (primary N) is 1. The monoisotopic (exact) mass is 452 g/mol. The second-order valence-corrected chi connectivity index (χ2v) is 8.74. The normalized spacial score (nSPS) is 11.8. The van der Waals surface area contributed by atoms with Gasteiger partial charge in [0, 0.05) is 21.5 Å². The van der Waals surface area contributed by atoms with Crippen LogP contribution < -0.4 is 10.6 Å². The zero-order chi connectivity index (χ0) is 22.0. The number of halogens is 1. The summed E-state index contributed by atoms with van der Waals surface area (Å²) < 4.78 is 23.6. The van der Waals surface area contributed by atoms with E-state index >= 15 is 0 Å². The second-order valence-electron chi connectivity index (χ2n) is 6.74. The van der Waals surface area contributed by atoms with E-state index in [1.807, 2.05) is 30.3 Å². The number of rotatable bonds is 5. The summed E-state index contributed by atoms with van der Waals surface area (Å²) in [6.45, 7) is 0. The summed E-state index contributed by atoms with van der Waals surface area (Å²) in [6.07, 6.45) is 1.50. The van der Waals surface area contributed by atoms with Crippen molar-refractivity contribution in [2.24, 2.45) is 10.2 Å². The minimum Gasteiger partial charge on any atom is -0.350 e. The maximum atomic E-state index is 12.9. The Hall–Kier alpha value is -3.46. The van der Waals surface area contributed by atoms with Crippen molar-refractivity contribution in [3.63, 3.8) is 0 Å². The van der Waals surface area contributed by atoms with Crippen LogP contribution in [0.25, 0.3) is 22.0 Å². The molecule has 0 aliphatic rings. The Bertz CT molecular complexity index is 1400. The molecule has 0 saturated heterocycles. The third-order valence-electron chi connectivity index (χ3n) is 4.64. The van der Waals surface area contributed by atoms with Crippen molar-refractivity contribution >= 4 is 44.6 Å². The number of hydrogen-bond acceptors (Lipinski definition) is 4. The molecule has 4 rings (SSSR count). The van der Waals surface area contributed by atoms with Gasteiger partial charge >= 0.3 is 0 Å². The van der Waals surface area contributed by atoms with Crippen LogP contribution in [0.4, 0.5) is 0 Å². The molecule has 1 heterocycles. The fourth-order valence-corrected chi connectivity index (χ4v) is 3.86. The lowest BCUT2D eigenvalue weighted by Gasteiger charge is -2.05. The molecule has 3 aromatic carbocycles. The molecule has 0 unspecified atom stereocenters. The zero-order valence-corrected chi connectivity index (χ0v) is 17.6. The minimum absolute atomic E-state index is 0.0381. The summed E-state index contributed by atoms with van der Waals surface area (Å²) in [6, 6.07) is 20.6. The van der Waals surface area contributed by atoms with Crippen LogP contribution in [0.3, 0.4) is 0 Å². The third kappa shape index (κ3) is 4.51. The first-order valence-corrected chi connectivity index (χ1v) is 11.1. The highest BCUT2D eigenvalue weighted by atomic mass is 35.5. The van der Waals surface area contributed by atoms with Gasteiger partial charge < -0.3 is 4.98 Å². The largest absolute Gasteiger partial charge is 0.350 e. The Balaban J connectivity index is 1.75. The van der Waals surface area contributed by atoms with Gasteiger partial charge in [0.2, 0.25) is 10.0 Å². The van der Waals surface area contributed by atoms with Crippen molar-refractivity contribution < 1.29 is 13.2 Å². The number of amides is 1. The van der Waals surface area contributed by atoms with Crippen molar-refractivity contribution in [1.29, 1.82) is 0 Å². The van der Waals surface area contributed by atoms with Crippen LogP contribution in [0, 0.1) is 0 Å². The number of nitrogens with one attached hydrogen (secondary N) is 2. The number of fused-ring (bicyclic) bond motifs is 1. The van der Waals surface area contributed by atoms with Gasteiger partial charge in [0.15, 0.2) is 0 Å². The number of hydrazone groups is 1. The molecule has 4 aromatic rings.